The minimum Gasteiger partial charge on any atom is -0.396 e. The maximum absolute atomic E-state index is 9.15. The summed E-state index contributed by atoms with van der Waals surface area (Å²) in [4.78, 5) is 10.5. The van der Waals surface area contributed by atoms with Gasteiger partial charge in [0.1, 0.15) is 6.10 Å². The topological polar surface area (TPSA) is 58.9 Å². The van der Waals surface area contributed by atoms with Crippen LogP contribution in [0.5, 0.6) is 0 Å². The van der Waals surface area contributed by atoms with Gasteiger partial charge in [-0.3, -0.25) is 0 Å². The summed E-state index contributed by atoms with van der Waals surface area (Å²) in [6.07, 6.45) is -0.164. The van der Waals surface area contributed by atoms with Gasteiger partial charge < -0.3 is 10.2 Å². The van der Waals surface area contributed by atoms with Gasteiger partial charge >= 0.3 is 0 Å². The van der Waals surface area contributed by atoms with Crippen molar-refractivity contribution in [1.29, 1.82) is 0 Å². The van der Waals surface area contributed by atoms with E-state index in [0.717, 1.165) is 0 Å². The van der Waals surface area contributed by atoms with Crippen LogP contribution >= 0.6 is 0 Å². The lowest BCUT2D eigenvalue weighted by Crippen LogP contribution is -2.37. The fourth-order valence-corrected chi connectivity index (χ4v) is 1.47. The Balaban J connectivity index is 4.14. The second kappa shape index (κ2) is 7.22. The van der Waals surface area contributed by atoms with Crippen molar-refractivity contribution >= 4 is 0 Å². The van der Waals surface area contributed by atoms with Gasteiger partial charge in [0, 0.05) is 25.0 Å². The van der Waals surface area contributed by atoms with Crippen molar-refractivity contribution in [2.75, 3.05) is 19.8 Å². The van der Waals surface area contributed by atoms with Crippen LogP contribution in [0.1, 0.15) is 34.6 Å². The zero-order valence-electron chi connectivity index (χ0n) is 11.1. The van der Waals surface area contributed by atoms with Crippen LogP contribution in [0.2, 0.25) is 0 Å². The molecule has 16 heavy (non-hydrogen) atoms. The predicted molar refractivity (Wildman–Crippen MR) is 62.8 cm³/mol. The van der Waals surface area contributed by atoms with Crippen LogP contribution in [0.15, 0.2) is 0 Å². The number of hydrogen-bond donors (Lipinski definition) is 2. The summed E-state index contributed by atoms with van der Waals surface area (Å²) in [6, 6.07) is 0. The molecule has 0 aromatic rings. The van der Waals surface area contributed by atoms with E-state index in [4.69, 9.17) is 20.0 Å². The first-order valence-electron chi connectivity index (χ1n) is 5.82. The molecule has 0 saturated carbocycles. The molecule has 0 aromatic carbocycles. The maximum atomic E-state index is 9.15. The van der Waals surface area contributed by atoms with Crippen molar-refractivity contribution in [2.24, 2.45) is 17.3 Å². The summed E-state index contributed by atoms with van der Waals surface area (Å²) in [5, 5.41) is 18.0. The van der Waals surface area contributed by atoms with Gasteiger partial charge in [-0.15, -0.1) is 0 Å². The van der Waals surface area contributed by atoms with Crippen LogP contribution in [0.4, 0.5) is 0 Å². The van der Waals surface area contributed by atoms with Crippen molar-refractivity contribution in [3.8, 4) is 0 Å². The highest BCUT2D eigenvalue weighted by molar-refractivity contribution is 4.78. The third-order valence-electron chi connectivity index (χ3n) is 2.49. The first-order chi connectivity index (χ1) is 7.32. The molecular weight excluding hydrogens is 208 g/mol. The van der Waals surface area contributed by atoms with Crippen LogP contribution in [0, 0.1) is 17.3 Å². The molecule has 0 radical (unpaired) electrons. The number of hydrogen-bond acceptors (Lipinski definition) is 4. The Bertz CT molecular complexity index is 176. The molecular formula is C12H26O4. The minimum atomic E-state index is -0.164. The van der Waals surface area contributed by atoms with Crippen molar-refractivity contribution < 1.29 is 20.0 Å². The molecule has 0 fully saturated rings. The van der Waals surface area contributed by atoms with Crippen LogP contribution in [0.3, 0.4) is 0 Å². The van der Waals surface area contributed by atoms with E-state index >= 15 is 0 Å². The monoisotopic (exact) mass is 234 g/mol. The second-order valence-corrected chi connectivity index (χ2v) is 5.61. The van der Waals surface area contributed by atoms with Crippen molar-refractivity contribution in [1.82, 2.24) is 0 Å². The van der Waals surface area contributed by atoms with E-state index in [1.807, 2.05) is 34.6 Å². The van der Waals surface area contributed by atoms with Crippen molar-refractivity contribution in [3.63, 3.8) is 0 Å². The summed E-state index contributed by atoms with van der Waals surface area (Å²) >= 11 is 0. The van der Waals surface area contributed by atoms with Gasteiger partial charge in [-0.1, -0.05) is 34.6 Å². The lowest BCUT2D eigenvalue weighted by Gasteiger charge is -2.33. The highest BCUT2D eigenvalue weighted by Crippen LogP contribution is 2.28. The largest absolute Gasteiger partial charge is 0.396 e. The molecule has 0 aliphatic heterocycles. The van der Waals surface area contributed by atoms with Crippen LogP contribution in [-0.4, -0.2) is 36.1 Å². The Hall–Kier alpha value is -0.160. The Morgan fingerprint density at radius 1 is 1.06 bits per heavy atom. The van der Waals surface area contributed by atoms with Gasteiger partial charge in [0.25, 0.3) is 0 Å². The van der Waals surface area contributed by atoms with Crippen molar-refractivity contribution in [3.05, 3.63) is 0 Å². The lowest BCUT2D eigenvalue weighted by molar-refractivity contribution is -0.356. The van der Waals surface area contributed by atoms with Crippen LogP contribution < -0.4 is 0 Å². The maximum Gasteiger partial charge on any atom is 0.102 e. The zero-order valence-corrected chi connectivity index (χ0v) is 11.1. The van der Waals surface area contributed by atoms with Gasteiger partial charge in [-0.25, -0.2) is 9.78 Å². The Morgan fingerprint density at radius 3 is 2.00 bits per heavy atom. The molecule has 0 aliphatic rings. The van der Waals surface area contributed by atoms with E-state index < -0.39 is 0 Å². The highest BCUT2D eigenvalue weighted by Gasteiger charge is 2.31. The quantitative estimate of drug-likeness (QED) is 0.519. The van der Waals surface area contributed by atoms with E-state index in [9.17, 15) is 0 Å². The summed E-state index contributed by atoms with van der Waals surface area (Å²) in [5.41, 5.74) is -0.0927. The predicted octanol–water partition coefficient (Wildman–Crippen LogP) is 1.61. The van der Waals surface area contributed by atoms with E-state index in [2.05, 4.69) is 0 Å². The molecule has 0 spiro atoms. The van der Waals surface area contributed by atoms with Crippen LogP contribution in [-0.2, 0) is 9.78 Å². The molecule has 0 saturated heterocycles. The van der Waals surface area contributed by atoms with Gasteiger partial charge in [0.05, 0.1) is 6.61 Å². The molecule has 0 aromatic heterocycles. The molecule has 98 valence electrons. The first-order valence-corrected chi connectivity index (χ1v) is 5.82. The molecule has 0 aliphatic carbocycles. The molecule has 3 atom stereocenters. The SMILES string of the molecule is CC(CO)COOC(C(C)CO)C(C)(C)C. The van der Waals surface area contributed by atoms with Gasteiger partial charge in [-0.2, -0.15) is 0 Å². The number of aliphatic hydroxyl groups excluding tert-OH is 2. The zero-order chi connectivity index (χ0) is 12.8. The molecule has 0 rings (SSSR count). The molecule has 0 amide bonds. The smallest absolute Gasteiger partial charge is 0.102 e. The first kappa shape index (κ1) is 15.8. The number of rotatable bonds is 7. The Kier molecular flexibility index (Phi) is 7.15. The Labute approximate surface area is 98.5 Å². The fourth-order valence-electron chi connectivity index (χ4n) is 1.47. The van der Waals surface area contributed by atoms with Gasteiger partial charge in [0.2, 0.25) is 0 Å². The molecule has 4 nitrogen and oxygen atoms in total. The minimum absolute atomic E-state index is 0.0180. The van der Waals surface area contributed by atoms with E-state index in [0.29, 0.717) is 6.61 Å². The standard InChI is InChI=1S/C12H26O4/c1-9(6-13)8-15-16-11(10(2)7-14)12(3,4)5/h9-11,13-14H,6-8H2,1-5H3. The summed E-state index contributed by atoms with van der Waals surface area (Å²) in [6.45, 7) is 10.5. The Morgan fingerprint density at radius 2 is 1.62 bits per heavy atom. The van der Waals surface area contributed by atoms with Gasteiger partial charge in [0.15, 0.2) is 0 Å². The third kappa shape index (κ3) is 5.80. The van der Waals surface area contributed by atoms with E-state index in [1.165, 1.54) is 0 Å². The molecule has 0 bridgehead atoms. The number of aliphatic hydroxyl groups is 2. The molecule has 3 unspecified atom stereocenters. The third-order valence-corrected chi connectivity index (χ3v) is 2.49. The van der Waals surface area contributed by atoms with E-state index in [1.54, 1.807) is 0 Å². The molecule has 4 heteroatoms. The van der Waals surface area contributed by atoms with Crippen molar-refractivity contribution in [2.45, 2.75) is 40.7 Å². The van der Waals surface area contributed by atoms with Crippen LogP contribution in [0.25, 0.3) is 0 Å². The summed E-state index contributed by atoms with van der Waals surface area (Å²) in [5.74, 6) is 0.0782. The lowest BCUT2D eigenvalue weighted by atomic mass is 9.82. The van der Waals surface area contributed by atoms with E-state index in [-0.39, 0.29) is 36.6 Å². The average molecular weight is 234 g/mol. The summed E-state index contributed by atoms with van der Waals surface area (Å²) < 4.78 is 0. The van der Waals surface area contributed by atoms with Gasteiger partial charge in [-0.05, 0) is 5.41 Å². The summed E-state index contributed by atoms with van der Waals surface area (Å²) in [7, 11) is 0. The normalized spacial score (nSPS) is 18.2. The second-order valence-electron chi connectivity index (χ2n) is 5.61. The fraction of sp³-hybridized carbons (Fsp3) is 1.00. The average Bonchev–Trinajstić information content (AvgIpc) is 2.21. The molecule has 0 heterocycles. The highest BCUT2D eigenvalue weighted by atomic mass is 17.2. The molecule has 2 N–H and O–H groups in total.